The fourth-order valence-electron chi connectivity index (χ4n) is 2.42. The van der Waals surface area contributed by atoms with Crippen LogP contribution in [0.1, 0.15) is 57.9 Å². The molecule has 0 amide bonds. The Morgan fingerprint density at radius 1 is 1.00 bits per heavy atom. The summed E-state index contributed by atoms with van der Waals surface area (Å²) in [6, 6.07) is 6.06. The Kier molecular flexibility index (Phi) is 13.1. The van der Waals surface area contributed by atoms with E-state index in [9.17, 15) is 0 Å². The summed E-state index contributed by atoms with van der Waals surface area (Å²) in [5, 5.41) is 3.51. The van der Waals surface area contributed by atoms with Crippen LogP contribution in [0.25, 0.3) is 0 Å². The highest BCUT2D eigenvalue weighted by molar-refractivity contribution is 5.85. The van der Waals surface area contributed by atoms with Crippen molar-refractivity contribution in [2.75, 3.05) is 20.3 Å². The third-order valence-corrected chi connectivity index (χ3v) is 3.59. The van der Waals surface area contributed by atoms with Gasteiger partial charge >= 0.3 is 0 Å². The van der Waals surface area contributed by atoms with Gasteiger partial charge in [-0.1, -0.05) is 51.2 Å². The second-order valence-electron chi connectivity index (χ2n) is 5.33. The lowest BCUT2D eigenvalue weighted by atomic mass is 10.1. The minimum atomic E-state index is 0. The van der Waals surface area contributed by atoms with E-state index >= 15 is 0 Å². The van der Waals surface area contributed by atoms with Crippen LogP contribution in [0.3, 0.4) is 0 Å². The maximum atomic E-state index is 5.72. The van der Waals surface area contributed by atoms with E-state index in [1.165, 1.54) is 44.1 Å². The summed E-state index contributed by atoms with van der Waals surface area (Å²) in [7, 11) is 1.69. The van der Waals surface area contributed by atoms with Gasteiger partial charge in [-0.3, -0.25) is 0 Å². The summed E-state index contributed by atoms with van der Waals surface area (Å²) in [6.45, 7) is 6.81. The number of hydrogen-bond donors (Lipinski definition) is 1. The highest BCUT2D eigenvalue weighted by atomic mass is 35.5. The van der Waals surface area contributed by atoms with Gasteiger partial charge in [0.2, 0.25) is 0 Å². The standard InChI is InChI=1S/C18H31NO2.ClH/c1-4-6-7-8-9-10-14-19-15-16-12-11-13-17(20-3)18(16)21-5-2;/h11-13,19H,4-10,14-15H2,1-3H3;1H. The summed E-state index contributed by atoms with van der Waals surface area (Å²) in [5.74, 6) is 1.69. The van der Waals surface area contributed by atoms with Crippen LogP contribution in [0.4, 0.5) is 0 Å². The van der Waals surface area contributed by atoms with Gasteiger partial charge in [0.05, 0.1) is 13.7 Å². The number of ether oxygens (including phenoxy) is 2. The lowest BCUT2D eigenvalue weighted by Crippen LogP contribution is -2.15. The van der Waals surface area contributed by atoms with Crippen molar-refractivity contribution in [1.29, 1.82) is 0 Å². The van der Waals surface area contributed by atoms with Crippen LogP contribution < -0.4 is 14.8 Å². The first-order valence-electron chi connectivity index (χ1n) is 8.32. The summed E-state index contributed by atoms with van der Waals surface area (Å²) >= 11 is 0. The first-order chi connectivity index (χ1) is 10.3. The minimum absolute atomic E-state index is 0. The van der Waals surface area contributed by atoms with Crippen molar-refractivity contribution in [2.24, 2.45) is 0 Å². The molecule has 0 saturated heterocycles. The average molecular weight is 330 g/mol. The molecule has 1 aromatic rings. The normalized spacial score (nSPS) is 10.1. The Hall–Kier alpha value is -0.930. The summed E-state index contributed by atoms with van der Waals surface area (Å²) in [5.41, 5.74) is 1.17. The summed E-state index contributed by atoms with van der Waals surface area (Å²) in [6.07, 6.45) is 7.99. The Morgan fingerprint density at radius 2 is 1.73 bits per heavy atom. The number of methoxy groups -OCH3 is 1. The molecule has 22 heavy (non-hydrogen) atoms. The Balaban J connectivity index is 0.00000441. The fraction of sp³-hybridized carbons (Fsp3) is 0.667. The van der Waals surface area contributed by atoms with Crippen molar-refractivity contribution in [2.45, 2.75) is 58.9 Å². The van der Waals surface area contributed by atoms with Crippen LogP contribution >= 0.6 is 12.4 Å². The van der Waals surface area contributed by atoms with Crippen LogP contribution in [-0.4, -0.2) is 20.3 Å². The predicted molar refractivity (Wildman–Crippen MR) is 96.5 cm³/mol. The zero-order valence-electron chi connectivity index (χ0n) is 14.3. The van der Waals surface area contributed by atoms with E-state index in [4.69, 9.17) is 9.47 Å². The number of para-hydroxylation sites is 1. The molecule has 0 heterocycles. The smallest absolute Gasteiger partial charge is 0.165 e. The highest BCUT2D eigenvalue weighted by Gasteiger charge is 2.09. The Bertz CT molecular complexity index is 385. The van der Waals surface area contributed by atoms with Crippen molar-refractivity contribution in [1.82, 2.24) is 5.32 Å². The van der Waals surface area contributed by atoms with Crippen LogP contribution in [0, 0.1) is 0 Å². The Labute approximate surface area is 142 Å². The zero-order valence-corrected chi connectivity index (χ0v) is 15.1. The van der Waals surface area contributed by atoms with Crippen LogP contribution in [-0.2, 0) is 6.54 Å². The van der Waals surface area contributed by atoms with E-state index in [2.05, 4.69) is 18.3 Å². The maximum absolute atomic E-state index is 5.72. The van der Waals surface area contributed by atoms with Crippen LogP contribution in [0.15, 0.2) is 18.2 Å². The summed E-state index contributed by atoms with van der Waals surface area (Å²) < 4.78 is 11.1. The van der Waals surface area contributed by atoms with Gasteiger partial charge in [-0.05, 0) is 26.0 Å². The highest BCUT2D eigenvalue weighted by Crippen LogP contribution is 2.30. The third kappa shape index (κ3) is 7.90. The number of halogens is 1. The average Bonchev–Trinajstić information content (AvgIpc) is 2.51. The second kappa shape index (κ2) is 13.7. The minimum Gasteiger partial charge on any atom is -0.493 e. The first kappa shape index (κ1) is 21.1. The largest absolute Gasteiger partial charge is 0.493 e. The molecule has 4 heteroatoms. The molecule has 3 nitrogen and oxygen atoms in total. The number of rotatable bonds is 12. The molecule has 0 unspecified atom stereocenters. The number of unbranched alkanes of at least 4 members (excludes halogenated alkanes) is 5. The number of benzene rings is 1. The fourth-order valence-corrected chi connectivity index (χ4v) is 2.42. The van der Waals surface area contributed by atoms with Gasteiger partial charge in [-0.15, -0.1) is 12.4 Å². The van der Waals surface area contributed by atoms with E-state index in [1.807, 2.05) is 19.1 Å². The lowest BCUT2D eigenvalue weighted by Gasteiger charge is -2.14. The monoisotopic (exact) mass is 329 g/mol. The number of hydrogen-bond acceptors (Lipinski definition) is 3. The molecule has 0 spiro atoms. The summed E-state index contributed by atoms with van der Waals surface area (Å²) in [4.78, 5) is 0. The van der Waals surface area contributed by atoms with Gasteiger partial charge in [-0.2, -0.15) is 0 Å². The molecule has 0 saturated carbocycles. The van der Waals surface area contributed by atoms with Gasteiger partial charge in [0, 0.05) is 12.1 Å². The molecule has 0 fully saturated rings. The molecule has 1 N–H and O–H groups in total. The van der Waals surface area contributed by atoms with Crippen LogP contribution in [0.5, 0.6) is 11.5 Å². The van der Waals surface area contributed by atoms with Gasteiger partial charge < -0.3 is 14.8 Å². The van der Waals surface area contributed by atoms with Crippen molar-refractivity contribution in [3.05, 3.63) is 23.8 Å². The van der Waals surface area contributed by atoms with Gasteiger partial charge in [0.1, 0.15) is 0 Å². The molecule has 128 valence electrons. The van der Waals surface area contributed by atoms with Crippen molar-refractivity contribution in [3.8, 4) is 11.5 Å². The quantitative estimate of drug-likeness (QED) is 0.549. The van der Waals surface area contributed by atoms with E-state index in [0.717, 1.165) is 24.6 Å². The molecule has 0 bridgehead atoms. The van der Waals surface area contributed by atoms with E-state index in [1.54, 1.807) is 7.11 Å². The Morgan fingerprint density at radius 3 is 2.41 bits per heavy atom. The van der Waals surface area contributed by atoms with Crippen LogP contribution in [0.2, 0.25) is 0 Å². The molecule has 0 aliphatic carbocycles. The zero-order chi connectivity index (χ0) is 15.3. The molecule has 0 aliphatic heterocycles. The van der Waals surface area contributed by atoms with Crippen molar-refractivity contribution in [3.63, 3.8) is 0 Å². The maximum Gasteiger partial charge on any atom is 0.165 e. The SMILES string of the molecule is CCCCCCCCNCc1cccc(OC)c1OCC.Cl. The molecule has 1 aromatic carbocycles. The number of nitrogens with one attached hydrogen (secondary N) is 1. The molecule has 0 aliphatic rings. The third-order valence-electron chi connectivity index (χ3n) is 3.59. The molecular weight excluding hydrogens is 298 g/mol. The molecule has 0 aromatic heterocycles. The van der Waals surface area contributed by atoms with E-state index in [0.29, 0.717) is 6.61 Å². The van der Waals surface area contributed by atoms with E-state index in [-0.39, 0.29) is 12.4 Å². The molecule has 0 atom stereocenters. The molecule has 0 radical (unpaired) electrons. The predicted octanol–water partition coefficient (Wildman–Crippen LogP) is 4.97. The molecule has 1 rings (SSSR count). The first-order valence-corrected chi connectivity index (χ1v) is 8.32. The van der Waals surface area contributed by atoms with Gasteiger partial charge in [0.15, 0.2) is 11.5 Å². The van der Waals surface area contributed by atoms with Crippen molar-refractivity contribution >= 4 is 12.4 Å². The van der Waals surface area contributed by atoms with E-state index < -0.39 is 0 Å². The van der Waals surface area contributed by atoms with Gasteiger partial charge in [0.25, 0.3) is 0 Å². The topological polar surface area (TPSA) is 30.5 Å². The molecular formula is C18H32ClNO2. The lowest BCUT2D eigenvalue weighted by molar-refractivity contribution is 0.306. The van der Waals surface area contributed by atoms with Gasteiger partial charge in [-0.25, -0.2) is 0 Å². The second-order valence-corrected chi connectivity index (χ2v) is 5.33. The van der Waals surface area contributed by atoms with Crippen molar-refractivity contribution < 1.29 is 9.47 Å².